The molecule has 0 fully saturated rings. The molecule has 3 rings (SSSR count). The second-order valence-electron chi connectivity index (χ2n) is 5.68. The van der Waals surface area contributed by atoms with Gasteiger partial charge in [-0.25, -0.2) is 4.98 Å². The fourth-order valence-electron chi connectivity index (χ4n) is 2.44. The average Bonchev–Trinajstić information content (AvgIpc) is 3.11. The lowest BCUT2D eigenvalue weighted by Gasteiger charge is -2.07. The van der Waals surface area contributed by atoms with E-state index in [0.717, 1.165) is 15.6 Å². The third kappa shape index (κ3) is 4.78. The molecule has 0 aliphatic heterocycles. The topological polar surface area (TPSA) is 81.1 Å². The molecule has 0 saturated heterocycles. The Morgan fingerprint density at radius 1 is 1.16 bits per heavy atom. The molecule has 1 aromatic heterocycles. The van der Waals surface area contributed by atoms with Crippen molar-refractivity contribution in [2.24, 2.45) is 5.73 Å². The number of halogens is 1. The van der Waals surface area contributed by atoms with Crippen LogP contribution in [0, 0.1) is 0 Å². The standard InChI is InChI=1S/C19H18BrN3O2/c20-15-8-4-7-14(9-15)11-22-18(24)17-12-25-19(23-17)16(21)10-13-5-2-1-3-6-13/h1-9,12,16H,10-11,21H2,(H,22,24). The lowest BCUT2D eigenvalue weighted by atomic mass is 10.1. The van der Waals surface area contributed by atoms with Gasteiger partial charge in [0.25, 0.3) is 5.91 Å². The summed E-state index contributed by atoms with van der Waals surface area (Å²) in [5.41, 5.74) is 8.44. The molecule has 0 aliphatic rings. The Kier molecular flexibility index (Phi) is 5.63. The highest BCUT2D eigenvalue weighted by molar-refractivity contribution is 9.10. The molecule has 3 N–H and O–H groups in total. The largest absolute Gasteiger partial charge is 0.446 e. The molecular weight excluding hydrogens is 382 g/mol. The molecule has 0 aliphatic carbocycles. The summed E-state index contributed by atoms with van der Waals surface area (Å²) >= 11 is 3.41. The van der Waals surface area contributed by atoms with Crippen molar-refractivity contribution in [3.63, 3.8) is 0 Å². The normalized spacial score (nSPS) is 11.9. The quantitative estimate of drug-likeness (QED) is 0.663. The lowest BCUT2D eigenvalue weighted by Crippen LogP contribution is -2.23. The van der Waals surface area contributed by atoms with Gasteiger partial charge in [0.05, 0.1) is 6.04 Å². The fraction of sp³-hybridized carbons (Fsp3) is 0.158. The number of carbonyl (C=O) groups excluding carboxylic acids is 1. The third-order valence-corrected chi connectivity index (χ3v) is 4.21. The zero-order valence-corrected chi connectivity index (χ0v) is 15.1. The van der Waals surface area contributed by atoms with Crippen molar-refractivity contribution in [3.8, 4) is 0 Å². The Labute approximate surface area is 154 Å². The Morgan fingerprint density at radius 3 is 2.68 bits per heavy atom. The Morgan fingerprint density at radius 2 is 1.92 bits per heavy atom. The molecule has 128 valence electrons. The van der Waals surface area contributed by atoms with Crippen molar-refractivity contribution in [1.29, 1.82) is 0 Å². The smallest absolute Gasteiger partial charge is 0.273 e. The second-order valence-corrected chi connectivity index (χ2v) is 6.60. The highest BCUT2D eigenvalue weighted by atomic mass is 79.9. The maximum Gasteiger partial charge on any atom is 0.273 e. The van der Waals surface area contributed by atoms with Gasteiger partial charge in [-0.1, -0.05) is 58.4 Å². The number of nitrogens with two attached hydrogens (primary N) is 1. The first-order chi connectivity index (χ1) is 12.1. The number of nitrogens with zero attached hydrogens (tertiary/aromatic N) is 1. The zero-order chi connectivity index (χ0) is 17.6. The summed E-state index contributed by atoms with van der Waals surface area (Å²) in [6.45, 7) is 0.413. The van der Waals surface area contributed by atoms with Crippen LogP contribution < -0.4 is 11.1 Å². The van der Waals surface area contributed by atoms with Crippen molar-refractivity contribution < 1.29 is 9.21 Å². The monoisotopic (exact) mass is 399 g/mol. The number of nitrogens with one attached hydrogen (secondary N) is 1. The molecule has 0 bridgehead atoms. The summed E-state index contributed by atoms with van der Waals surface area (Å²) in [7, 11) is 0. The van der Waals surface area contributed by atoms with Crippen LogP contribution in [0.15, 0.2) is 69.8 Å². The second kappa shape index (κ2) is 8.09. The van der Waals surface area contributed by atoms with Gasteiger partial charge in [0.2, 0.25) is 5.89 Å². The summed E-state index contributed by atoms with van der Waals surface area (Å²) in [4.78, 5) is 16.4. The molecule has 1 amide bonds. The molecule has 0 saturated carbocycles. The van der Waals surface area contributed by atoms with Crippen LogP contribution in [0.25, 0.3) is 0 Å². The van der Waals surface area contributed by atoms with Crippen LogP contribution in [0.2, 0.25) is 0 Å². The number of hydrogen-bond donors (Lipinski definition) is 2. The van der Waals surface area contributed by atoms with Crippen LogP contribution in [0.1, 0.15) is 33.5 Å². The molecular formula is C19H18BrN3O2. The predicted molar refractivity (Wildman–Crippen MR) is 98.9 cm³/mol. The first-order valence-electron chi connectivity index (χ1n) is 7.89. The predicted octanol–water partition coefficient (Wildman–Crippen LogP) is 3.61. The maximum absolute atomic E-state index is 12.2. The minimum atomic E-state index is -0.394. The molecule has 3 aromatic rings. The SMILES string of the molecule is NC(Cc1ccccc1)c1nc(C(=O)NCc2cccc(Br)c2)co1. The Hall–Kier alpha value is -2.44. The van der Waals surface area contributed by atoms with Crippen LogP contribution in [0.3, 0.4) is 0 Å². The van der Waals surface area contributed by atoms with E-state index in [4.69, 9.17) is 10.2 Å². The van der Waals surface area contributed by atoms with Gasteiger partial charge >= 0.3 is 0 Å². The molecule has 0 radical (unpaired) electrons. The van der Waals surface area contributed by atoms with Crippen molar-refractivity contribution in [2.45, 2.75) is 19.0 Å². The van der Waals surface area contributed by atoms with E-state index in [9.17, 15) is 4.79 Å². The summed E-state index contributed by atoms with van der Waals surface area (Å²) in [5.74, 6) is 0.0679. The highest BCUT2D eigenvalue weighted by Gasteiger charge is 2.17. The Balaban J connectivity index is 1.59. The number of aromatic nitrogens is 1. The zero-order valence-electron chi connectivity index (χ0n) is 13.5. The van der Waals surface area contributed by atoms with E-state index in [-0.39, 0.29) is 11.6 Å². The van der Waals surface area contributed by atoms with Crippen molar-refractivity contribution in [3.05, 3.63) is 88.0 Å². The summed E-state index contributed by atoms with van der Waals surface area (Å²) < 4.78 is 6.35. The number of benzene rings is 2. The first kappa shape index (κ1) is 17.4. The van der Waals surface area contributed by atoms with Gasteiger partial charge in [-0.05, 0) is 29.7 Å². The van der Waals surface area contributed by atoms with E-state index in [1.807, 2.05) is 54.6 Å². The average molecular weight is 400 g/mol. The highest BCUT2D eigenvalue weighted by Crippen LogP contribution is 2.16. The van der Waals surface area contributed by atoms with Crippen molar-refractivity contribution >= 4 is 21.8 Å². The van der Waals surface area contributed by atoms with Crippen molar-refractivity contribution in [2.75, 3.05) is 0 Å². The van der Waals surface area contributed by atoms with E-state index in [0.29, 0.717) is 18.9 Å². The first-order valence-corrected chi connectivity index (χ1v) is 8.68. The van der Waals surface area contributed by atoms with Gasteiger partial charge in [0, 0.05) is 11.0 Å². The van der Waals surface area contributed by atoms with Gasteiger partial charge in [-0.2, -0.15) is 0 Å². The maximum atomic E-state index is 12.2. The molecule has 0 spiro atoms. The number of carbonyl (C=O) groups is 1. The summed E-state index contributed by atoms with van der Waals surface area (Å²) in [6, 6.07) is 17.2. The van der Waals surface area contributed by atoms with Gasteiger partial charge in [0.15, 0.2) is 5.69 Å². The van der Waals surface area contributed by atoms with Gasteiger partial charge in [-0.3, -0.25) is 4.79 Å². The number of amides is 1. The van der Waals surface area contributed by atoms with Gasteiger partial charge in [-0.15, -0.1) is 0 Å². The van der Waals surface area contributed by atoms with Crippen molar-refractivity contribution in [1.82, 2.24) is 10.3 Å². The van der Waals surface area contributed by atoms with E-state index in [1.54, 1.807) is 0 Å². The van der Waals surface area contributed by atoms with E-state index < -0.39 is 6.04 Å². The van der Waals surface area contributed by atoms with Crippen LogP contribution in [0.5, 0.6) is 0 Å². The fourth-order valence-corrected chi connectivity index (χ4v) is 2.88. The summed E-state index contributed by atoms with van der Waals surface area (Å²) in [6.07, 6.45) is 1.94. The van der Waals surface area contributed by atoms with E-state index in [2.05, 4.69) is 26.2 Å². The molecule has 1 atom stereocenters. The molecule has 1 unspecified atom stereocenters. The summed E-state index contributed by atoms with van der Waals surface area (Å²) in [5, 5.41) is 2.82. The number of oxazole rings is 1. The van der Waals surface area contributed by atoms with Crippen LogP contribution in [0.4, 0.5) is 0 Å². The third-order valence-electron chi connectivity index (χ3n) is 3.71. The van der Waals surface area contributed by atoms with Gasteiger partial charge < -0.3 is 15.5 Å². The molecule has 6 heteroatoms. The lowest BCUT2D eigenvalue weighted by molar-refractivity contribution is 0.0946. The minimum absolute atomic E-state index is 0.230. The number of rotatable bonds is 6. The van der Waals surface area contributed by atoms with Crippen LogP contribution >= 0.6 is 15.9 Å². The van der Waals surface area contributed by atoms with Gasteiger partial charge in [0.1, 0.15) is 6.26 Å². The molecule has 5 nitrogen and oxygen atoms in total. The minimum Gasteiger partial charge on any atom is -0.446 e. The molecule has 2 aromatic carbocycles. The molecule has 25 heavy (non-hydrogen) atoms. The molecule has 1 heterocycles. The Bertz CT molecular complexity index is 849. The van der Waals surface area contributed by atoms with E-state index >= 15 is 0 Å². The van der Waals surface area contributed by atoms with E-state index in [1.165, 1.54) is 6.26 Å². The van der Waals surface area contributed by atoms with Crippen LogP contribution in [-0.2, 0) is 13.0 Å². The number of hydrogen-bond acceptors (Lipinski definition) is 4. The van der Waals surface area contributed by atoms with Crippen LogP contribution in [-0.4, -0.2) is 10.9 Å².